The second-order valence-corrected chi connectivity index (χ2v) is 3.36. The minimum Gasteiger partial charge on any atom is -0.393 e. The Bertz CT molecular complexity index is 209. The summed E-state index contributed by atoms with van der Waals surface area (Å²) in [7, 11) is 0. The molecule has 0 bridgehead atoms. The lowest BCUT2D eigenvalue weighted by molar-refractivity contribution is 0.406. The first-order valence-electron chi connectivity index (χ1n) is 4.15. The number of rotatable bonds is 4. The fourth-order valence-electron chi connectivity index (χ4n) is 1.13. The lowest BCUT2D eigenvalue weighted by Gasteiger charge is -2.19. The van der Waals surface area contributed by atoms with E-state index in [1.54, 1.807) is 0 Å². The van der Waals surface area contributed by atoms with Crippen LogP contribution >= 0.6 is 12.2 Å². The van der Waals surface area contributed by atoms with Gasteiger partial charge in [-0.25, -0.2) is 0 Å². The van der Waals surface area contributed by atoms with Gasteiger partial charge >= 0.3 is 0 Å². The monoisotopic (exact) mass is 182 g/mol. The van der Waals surface area contributed by atoms with Crippen LogP contribution in [0.25, 0.3) is 0 Å². The molecule has 3 heteroatoms. The van der Waals surface area contributed by atoms with E-state index in [0.717, 1.165) is 25.9 Å². The predicted octanol–water partition coefficient (Wildman–Crippen LogP) is 1.44. The summed E-state index contributed by atoms with van der Waals surface area (Å²) in [6.07, 6.45) is 10.2. The molecule has 0 saturated carbocycles. The number of hydrogen-bond donors (Lipinski definition) is 1. The van der Waals surface area contributed by atoms with Crippen molar-refractivity contribution in [2.24, 2.45) is 5.73 Å². The van der Waals surface area contributed by atoms with E-state index in [2.05, 4.69) is 23.3 Å². The molecule has 0 aliphatic carbocycles. The van der Waals surface area contributed by atoms with Gasteiger partial charge in [0, 0.05) is 13.1 Å². The van der Waals surface area contributed by atoms with Crippen molar-refractivity contribution in [3.8, 4) is 0 Å². The molecule has 2 nitrogen and oxygen atoms in total. The van der Waals surface area contributed by atoms with Crippen LogP contribution in [0, 0.1) is 0 Å². The SMILES string of the molecule is NC(=S)CCCN1C=CC=CC1. The zero-order valence-corrected chi connectivity index (χ0v) is 7.89. The Morgan fingerprint density at radius 1 is 1.50 bits per heavy atom. The van der Waals surface area contributed by atoms with Gasteiger partial charge in [-0.05, 0) is 25.1 Å². The number of thiocarbonyl (C=S) groups is 1. The summed E-state index contributed by atoms with van der Waals surface area (Å²) >= 11 is 4.79. The predicted molar refractivity (Wildman–Crippen MR) is 55.9 cm³/mol. The van der Waals surface area contributed by atoms with Crippen LogP contribution in [-0.2, 0) is 0 Å². The average Bonchev–Trinajstić information content (AvgIpc) is 2.05. The van der Waals surface area contributed by atoms with Crippen molar-refractivity contribution in [1.29, 1.82) is 0 Å². The van der Waals surface area contributed by atoms with E-state index in [-0.39, 0.29) is 0 Å². The average molecular weight is 182 g/mol. The van der Waals surface area contributed by atoms with E-state index < -0.39 is 0 Å². The molecule has 0 atom stereocenters. The molecule has 0 spiro atoms. The number of nitrogens with zero attached hydrogens (tertiary/aromatic N) is 1. The van der Waals surface area contributed by atoms with Crippen LogP contribution in [0.4, 0.5) is 0 Å². The van der Waals surface area contributed by atoms with Gasteiger partial charge in [0.1, 0.15) is 0 Å². The van der Waals surface area contributed by atoms with Crippen LogP contribution in [-0.4, -0.2) is 23.0 Å². The van der Waals surface area contributed by atoms with Gasteiger partial charge in [-0.1, -0.05) is 24.4 Å². The van der Waals surface area contributed by atoms with Crippen LogP contribution in [0.5, 0.6) is 0 Å². The highest BCUT2D eigenvalue weighted by Gasteiger charge is 1.98. The molecule has 0 amide bonds. The lowest BCUT2D eigenvalue weighted by atomic mass is 10.2. The van der Waals surface area contributed by atoms with Crippen LogP contribution in [0.15, 0.2) is 24.4 Å². The molecule has 0 radical (unpaired) electrons. The molecule has 0 unspecified atom stereocenters. The Morgan fingerprint density at radius 2 is 2.33 bits per heavy atom. The fraction of sp³-hybridized carbons (Fsp3) is 0.444. The first-order valence-corrected chi connectivity index (χ1v) is 4.55. The van der Waals surface area contributed by atoms with Gasteiger partial charge in [-0.3, -0.25) is 0 Å². The first kappa shape index (κ1) is 9.26. The van der Waals surface area contributed by atoms with Crippen molar-refractivity contribution in [1.82, 2.24) is 4.90 Å². The molecular formula is C9H14N2S. The van der Waals surface area contributed by atoms with Gasteiger partial charge in [0.2, 0.25) is 0 Å². The molecule has 2 N–H and O–H groups in total. The van der Waals surface area contributed by atoms with Gasteiger partial charge in [0.25, 0.3) is 0 Å². The summed E-state index contributed by atoms with van der Waals surface area (Å²) < 4.78 is 0. The van der Waals surface area contributed by atoms with Gasteiger partial charge in [-0.15, -0.1) is 0 Å². The van der Waals surface area contributed by atoms with Crippen molar-refractivity contribution < 1.29 is 0 Å². The first-order chi connectivity index (χ1) is 5.79. The van der Waals surface area contributed by atoms with E-state index in [1.807, 2.05) is 6.08 Å². The maximum Gasteiger partial charge on any atom is 0.0728 e. The molecule has 1 aliphatic rings. The summed E-state index contributed by atoms with van der Waals surface area (Å²) in [6.45, 7) is 2.05. The Hall–Kier alpha value is -0.830. The van der Waals surface area contributed by atoms with Gasteiger partial charge in [0.05, 0.1) is 4.99 Å². The number of nitrogens with two attached hydrogens (primary N) is 1. The van der Waals surface area contributed by atoms with Crippen molar-refractivity contribution in [2.75, 3.05) is 13.1 Å². The summed E-state index contributed by atoms with van der Waals surface area (Å²) in [5.74, 6) is 0. The normalized spacial score (nSPS) is 15.2. The highest BCUT2D eigenvalue weighted by atomic mass is 32.1. The molecular weight excluding hydrogens is 168 g/mol. The maximum absolute atomic E-state index is 5.39. The Balaban J connectivity index is 2.11. The highest BCUT2D eigenvalue weighted by Crippen LogP contribution is 2.01. The minimum atomic E-state index is 0.617. The van der Waals surface area contributed by atoms with Gasteiger partial charge < -0.3 is 10.6 Å². The molecule has 1 rings (SSSR count). The highest BCUT2D eigenvalue weighted by molar-refractivity contribution is 7.80. The fourth-order valence-corrected chi connectivity index (χ4v) is 1.27. The standard InChI is InChI=1S/C9H14N2S/c10-9(12)5-4-8-11-6-2-1-3-7-11/h1-3,6H,4-5,7-8H2,(H2,10,12). The topological polar surface area (TPSA) is 29.3 Å². The van der Waals surface area contributed by atoms with Crippen molar-refractivity contribution in [3.63, 3.8) is 0 Å². The van der Waals surface area contributed by atoms with Crippen molar-refractivity contribution in [3.05, 3.63) is 24.4 Å². The molecule has 12 heavy (non-hydrogen) atoms. The zero-order chi connectivity index (χ0) is 8.81. The van der Waals surface area contributed by atoms with E-state index in [1.165, 1.54) is 0 Å². The summed E-state index contributed by atoms with van der Waals surface area (Å²) in [6, 6.07) is 0. The van der Waals surface area contributed by atoms with Crippen LogP contribution in [0.1, 0.15) is 12.8 Å². The van der Waals surface area contributed by atoms with E-state index in [0.29, 0.717) is 4.99 Å². The third kappa shape index (κ3) is 3.53. The molecule has 0 saturated heterocycles. The third-order valence-electron chi connectivity index (χ3n) is 1.75. The summed E-state index contributed by atoms with van der Waals surface area (Å²) in [5, 5.41) is 0. The Labute approximate surface area is 78.7 Å². The van der Waals surface area contributed by atoms with Crippen molar-refractivity contribution >= 4 is 17.2 Å². The van der Waals surface area contributed by atoms with Gasteiger partial charge in [0.15, 0.2) is 0 Å². The minimum absolute atomic E-state index is 0.617. The third-order valence-corrected chi connectivity index (χ3v) is 1.96. The molecule has 1 heterocycles. The molecule has 66 valence electrons. The Morgan fingerprint density at radius 3 is 2.92 bits per heavy atom. The number of allylic oxidation sites excluding steroid dienone is 2. The van der Waals surface area contributed by atoms with Crippen LogP contribution in [0.2, 0.25) is 0 Å². The van der Waals surface area contributed by atoms with E-state index in [4.69, 9.17) is 18.0 Å². The quantitative estimate of drug-likeness (QED) is 0.667. The summed E-state index contributed by atoms with van der Waals surface area (Å²) in [5.41, 5.74) is 5.39. The molecule has 0 aromatic heterocycles. The number of hydrogen-bond acceptors (Lipinski definition) is 2. The van der Waals surface area contributed by atoms with Crippen LogP contribution in [0.3, 0.4) is 0 Å². The lowest BCUT2D eigenvalue weighted by Crippen LogP contribution is -2.21. The smallest absolute Gasteiger partial charge is 0.0728 e. The molecule has 0 aromatic carbocycles. The van der Waals surface area contributed by atoms with Gasteiger partial charge in [-0.2, -0.15) is 0 Å². The van der Waals surface area contributed by atoms with E-state index >= 15 is 0 Å². The molecule has 0 fully saturated rings. The largest absolute Gasteiger partial charge is 0.393 e. The van der Waals surface area contributed by atoms with E-state index in [9.17, 15) is 0 Å². The summed E-state index contributed by atoms with van der Waals surface area (Å²) in [4.78, 5) is 2.87. The van der Waals surface area contributed by atoms with Crippen LogP contribution < -0.4 is 5.73 Å². The second-order valence-electron chi connectivity index (χ2n) is 2.83. The Kier molecular flexibility index (Phi) is 3.80. The second kappa shape index (κ2) is 4.93. The zero-order valence-electron chi connectivity index (χ0n) is 7.07. The molecule has 1 aliphatic heterocycles. The maximum atomic E-state index is 5.39. The molecule has 0 aromatic rings. The van der Waals surface area contributed by atoms with Crippen molar-refractivity contribution in [2.45, 2.75) is 12.8 Å².